The number of carboxylic acid groups (broad SMARTS) is 1. The number of carbonyl (C=O) groups is 2. The van der Waals surface area contributed by atoms with Crippen LogP contribution in [-0.2, 0) is 14.8 Å². The SMILES string of the molecule is CCCCS(=O)(=O)N1CCC(C(=O)Nc2cc(C(=O)O)c(C)cc2C)CC1. The quantitative estimate of drug-likeness (QED) is 0.737. The van der Waals surface area contributed by atoms with Gasteiger partial charge in [-0.25, -0.2) is 17.5 Å². The third-order valence-corrected chi connectivity index (χ3v) is 6.99. The summed E-state index contributed by atoms with van der Waals surface area (Å²) in [5.41, 5.74) is 2.09. The zero-order valence-corrected chi connectivity index (χ0v) is 16.9. The summed E-state index contributed by atoms with van der Waals surface area (Å²) in [6.45, 7) is 6.18. The molecule has 27 heavy (non-hydrogen) atoms. The Bertz CT molecular complexity index is 812. The lowest BCUT2D eigenvalue weighted by atomic mass is 9.96. The Balaban J connectivity index is 2.01. The normalized spacial score (nSPS) is 16.3. The monoisotopic (exact) mass is 396 g/mol. The van der Waals surface area contributed by atoms with Crippen molar-refractivity contribution in [2.24, 2.45) is 5.92 Å². The summed E-state index contributed by atoms with van der Waals surface area (Å²) in [6, 6.07) is 3.22. The predicted molar refractivity (Wildman–Crippen MR) is 104 cm³/mol. The molecule has 2 rings (SSSR count). The molecule has 1 saturated heterocycles. The topological polar surface area (TPSA) is 104 Å². The molecule has 7 nitrogen and oxygen atoms in total. The minimum atomic E-state index is -3.24. The molecule has 1 aromatic rings. The van der Waals surface area contributed by atoms with Gasteiger partial charge in [0, 0.05) is 24.7 Å². The number of sulfonamides is 1. The summed E-state index contributed by atoms with van der Waals surface area (Å²) < 4.78 is 26.0. The van der Waals surface area contributed by atoms with Crippen molar-refractivity contribution in [1.29, 1.82) is 0 Å². The molecule has 1 aliphatic rings. The minimum absolute atomic E-state index is 0.154. The number of carboxylic acids is 1. The number of rotatable bonds is 7. The number of piperidine rings is 1. The number of unbranched alkanes of at least 4 members (excludes halogenated alkanes) is 1. The van der Waals surface area contributed by atoms with Crippen LogP contribution in [0, 0.1) is 19.8 Å². The summed E-state index contributed by atoms with van der Waals surface area (Å²) in [6.07, 6.45) is 2.40. The molecule has 1 aromatic carbocycles. The van der Waals surface area contributed by atoms with Crippen molar-refractivity contribution in [1.82, 2.24) is 4.31 Å². The number of hydrogen-bond donors (Lipinski definition) is 2. The molecule has 0 spiro atoms. The molecule has 1 heterocycles. The van der Waals surface area contributed by atoms with Gasteiger partial charge in [0.05, 0.1) is 11.3 Å². The number of hydrogen-bond acceptors (Lipinski definition) is 4. The van der Waals surface area contributed by atoms with Crippen LogP contribution >= 0.6 is 0 Å². The zero-order valence-electron chi connectivity index (χ0n) is 16.1. The van der Waals surface area contributed by atoms with Crippen molar-refractivity contribution in [2.75, 3.05) is 24.2 Å². The number of benzene rings is 1. The first kappa shape index (κ1) is 21.4. The second-order valence-corrected chi connectivity index (χ2v) is 9.21. The molecule has 1 amide bonds. The van der Waals surface area contributed by atoms with E-state index in [2.05, 4.69) is 5.32 Å². The van der Waals surface area contributed by atoms with Gasteiger partial charge in [-0.15, -0.1) is 0 Å². The van der Waals surface area contributed by atoms with Gasteiger partial charge in [-0.1, -0.05) is 19.4 Å². The molecule has 0 bridgehead atoms. The molecular weight excluding hydrogens is 368 g/mol. The van der Waals surface area contributed by atoms with E-state index in [4.69, 9.17) is 0 Å². The van der Waals surface area contributed by atoms with Crippen LogP contribution in [0.25, 0.3) is 0 Å². The minimum Gasteiger partial charge on any atom is -0.478 e. The average Bonchev–Trinajstić information content (AvgIpc) is 2.62. The predicted octanol–water partition coefficient (Wildman–Crippen LogP) is 2.78. The van der Waals surface area contributed by atoms with Crippen molar-refractivity contribution in [3.05, 3.63) is 28.8 Å². The van der Waals surface area contributed by atoms with E-state index in [1.54, 1.807) is 13.0 Å². The van der Waals surface area contributed by atoms with Crippen LogP contribution in [0.2, 0.25) is 0 Å². The molecule has 8 heteroatoms. The van der Waals surface area contributed by atoms with E-state index in [0.717, 1.165) is 12.0 Å². The number of aromatic carboxylic acids is 1. The van der Waals surface area contributed by atoms with Crippen LogP contribution in [-0.4, -0.2) is 48.5 Å². The van der Waals surface area contributed by atoms with Gasteiger partial charge in [-0.3, -0.25) is 4.79 Å². The fourth-order valence-corrected chi connectivity index (χ4v) is 4.98. The fraction of sp³-hybridized carbons (Fsp3) is 0.579. The first-order valence-electron chi connectivity index (χ1n) is 9.29. The van der Waals surface area contributed by atoms with Crippen molar-refractivity contribution >= 4 is 27.6 Å². The number of nitrogens with zero attached hydrogens (tertiary/aromatic N) is 1. The van der Waals surface area contributed by atoms with Crippen LogP contribution in [0.1, 0.15) is 54.1 Å². The van der Waals surface area contributed by atoms with Crippen molar-refractivity contribution in [3.63, 3.8) is 0 Å². The molecule has 0 radical (unpaired) electrons. The first-order chi connectivity index (χ1) is 12.7. The number of nitrogens with one attached hydrogen (secondary N) is 1. The van der Waals surface area contributed by atoms with Crippen LogP contribution in [0.4, 0.5) is 5.69 Å². The Labute approximate surface area is 160 Å². The van der Waals surface area contributed by atoms with E-state index in [9.17, 15) is 23.1 Å². The molecule has 0 aliphatic carbocycles. The molecule has 0 aromatic heterocycles. The summed E-state index contributed by atoms with van der Waals surface area (Å²) in [5, 5.41) is 12.1. The number of aryl methyl sites for hydroxylation is 2. The highest BCUT2D eigenvalue weighted by molar-refractivity contribution is 7.89. The summed E-state index contributed by atoms with van der Waals surface area (Å²) >= 11 is 0. The van der Waals surface area contributed by atoms with Gasteiger partial charge < -0.3 is 10.4 Å². The zero-order chi connectivity index (χ0) is 20.2. The highest BCUT2D eigenvalue weighted by atomic mass is 32.2. The maximum atomic E-state index is 12.6. The number of carbonyl (C=O) groups excluding carboxylic acids is 1. The second kappa shape index (κ2) is 8.84. The summed E-state index contributed by atoms with van der Waals surface area (Å²) in [7, 11) is -3.24. The van der Waals surface area contributed by atoms with Crippen molar-refractivity contribution in [2.45, 2.75) is 46.5 Å². The van der Waals surface area contributed by atoms with Crippen molar-refractivity contribution < 1.29 is 23.1 Å². The molecular formula is C19H28N2O5S. The lowest BCUT2D eigenvalue weighted by molar-refractivity contribution is -0.120. The summed E-state index contributed by atoms with van der Waals surface area (Å²) in [4.78, 5) is 23.9. The molecule has 2 N–H and O–H groups in total. The molecule has 0 atom stereocenters. The molecule has 150 valence electrons. The smallest absolute Gasteiger partial charge is 0.336 e. The first-order valence-corrected chi connectivity index (χ1v) is 10.9. The van der Waals surface area contributed by atoms with E-state index in [1.165, 1.54) is 10.4 Å². The van der Waals surface area contributed by atoms with E-state index in [0.29, 0.717) is 43.6 Å². The van der Waals surface area contributed by atoms with E-state index in [1.807, 2.05) is 13.8 Å². The van der Waals surface area contributed by atoms with Gasteiger partial charge in [-0.05, 0) is 50.3 Å². The molecule has 0 unspecified atom stereocenters. The van der Waals surface area contributed by atoms with Gasteiger partial charge in [0.25, 0.3) is 0 Å². The Morgan fingerprint density at radius 2 is 1.81 bits per heavy atom. The van der Waals surface area contributed by atoms with Crippen LogP contribution in [0.15, 0.2) is 12.1 Å². The molecule has 0 saturated carbocycles. The lowest BCUT2D eigenvalue weighted by Crippen LogP contribution is -2.42. The summed E-state index contributed by atoms with van der Waals surface area (Å²) in [5.74, 6) is -1.35. The standard InChI is InChI=1S/C19H28N2O5S/c1-4-5-10-27(25,26)21-8-6-15(7-9-21)18(22)20-17-12-16(19(23)24)13(2)11-14(17)3/h11-12,15H,4-10H2,1-3H3,(H,20,22)(H,23,24). The van der Waals surface area contributed by atoms with Gasteiger partial charge in [0.2, 0.25) is 15.9 Å². The van der Waals surface area contributed by atoms with Gasteiger partial charge in [0.1, 0.15) is 0 Å². The van der Waals surface area contributed by atoms with Crippen LogP contribution in [0.3, 0.4) is 0 Å². The van der Waals surface area contributed by atoms with Crippen molar-refractivity contribution in [3.8, 4) is 0 Å². The average molecular weight is 397 g/mol. The largest absolute Gasteiger partial charge is 0.478 e. The van der Waals surface area contributed by atoms with E-state index < -0.39 is 16.0 Å². The van der Waals surface area contributed by atoms with Gasteiger partial charge in [-0.2, -0.15) is 0 Å². The molecule has 1 aliphatic heterocycles. The third-order valence-electron chi connectivity index (χ3n) is 5.03. The second-order valence-electron chi connectivity index (χ2n) is 7.12. The van der Waals surface area contributed by atoms with Gasteiger partial charge in [0.15, 0.2) is 0 Å². The number of amides is 1. The lowest BCUT2D eigenvalue weighted by Gasteiger charge is -2.30. The third kappa shape index (κ3) is 5.29. The number of anilines is 1. The van der Waals surface area contributed by atoms with Crippen LogP contribution < -0.4 is 5.32 Å². The maximum absolute atomic E-state index is 12.6. The Hall–Kier alpha value is -1.93. The highest BCUT2D eigenvalue weighted by Crippen LogP contribution is 2.25. The van der Waals surface area contributed by atoms with E-state index >= 15 is 0 Å². The Kier molecular flexibility index (Phi) is 7.00. The fourth-order valence-electron chi connectivity index (χ4n) is 3.30. The Morgan fingerprint density at radius 1 is 1.19 bits per heavy atom. The maximum Gasteiger partial charge on any atom is 0.336 e. The van der Waals surface area contributed by atoms with Crippen LogP contribution in [0.5, 0.6) is 0 Å². The Morgan fingerprint density at radius 3 is 2.37 bits per heavy atom. The molecule has 1 fully saturated rings. The van der Waals surface area contributed by atoms with Gasteiger partial charge >= 0.3 is 5.97 Å². The highest BCUT2D eigenvalue weighted by Gasteiger charge is 2.31. The van der Waals surface area contributed by atoms with E-state index in [-0.39, 0.29) is 23.1 Å².